The molecule has 0 saturated heterocycles. The molecule has 0 unspecified atom stereocenters. The van der Waals surface area contributed by atoms with Gasteiger partial charge in [-0.3, -0.25) is 10.1 Å². The van der Waals surface area contributed by atoms with Gasteiger partial charge in [-0.25, -0.2) is 4.79 Å². The summed E-state index contributed by atoms with van der Waals surface area (Å²) < 4.78 is 18.9. The summed E-state index contributed by atoms with van der Waals surface area (Å²) in [4.78, 5) is 23.4. The van der Waals surface area contributed by atoms with E-state index in [1.54, 1.807) is 20.8 Å². The van der Waals surface area contributed by atoms with Gasteiger partial charge in [-0.05, 0) is 44.4 Å². The van der Waals surface area contributed by atoms with Crippen molar-refractivity contribution in [3.8, 4) is 0 Å². The average Bonchev–Trinajstić information content (AvgIpc) is 2.34. The highest BCUT2D eigenvalue weighted by Gasteiger charge is 2.28. The molecule has 1 amide bonds. The molecule has 6 nitrogen and oxygen atoms in total. The van der Waals surface area contributed by atoms with Crippen LogP contribution < -0.4 is 0 Å². The van der Waals surface area contributed by atoms with Crippen molar-refractivity contribution in [1.82, 2.24) is 4.90 Å². The molecule has 0 atom stereocenters. The van der Waals surface area contributed by atoms with Crippen molar-refractivity contribution >= 4 is 11.8 Å². The predicted molar refractivity (Wildman–Crippen MR) is 73.4 cm³/mol. The van der Waals surface area contributed by atoms with Crippen molar-refractivity contribution in [1.29, 1.82) is 0 Å². The molecule has 1 aliphatic rings. The van der Waals surface area contributed by atoms with Crippen molar-refractivity contribution in [2.24, 2.45) is 0 Å². The van der Waals surface area contributed by atoms with Crippen LogP contribution in [0, 0.1) is 15.9 Å². The van der Waals surface area contributed by atoms with Gasteiger partial charge in [0.1, 0.15) is 5.60 Å². The zero-order chi connectivity index (χ0) is 15.8. The van der Waals surface area contributed by atoms with Gasteiger partial charge in [0.2, 0.25) is 5.82 Å². The molecule has 21 heavy (non-hydrogen) atoms. The van der Waals surface area contributed by atoms with Crippen molar-refractivity contribution in [2.75, 3.05) is 6.54 Å². The number of amides is 1. The summed E-state index contributed by atoms with van der Waals surface area (Å²) in [6.07, 6.45) is -0.0256. The van der Waals surface area contributed by atoms with Crippen LogP contribution in [0.2, 0.25) is 0 Å². The van der Waals surface area contributed by atoms with E-state index in [1.165, 1.54) is 11.0 Å². The highest BCUT2D eigenvalue weighted by molar-refractivity contribution is 5.68. The van der Waals surface area contributed by atoms with Crippen LogP contribution in [0.5, 0.6) is 0 Å². The maximum atomic E-state index is 13.7. The van der Waals surface area contributed by atoms with Crippen LogP contribution >= 0.6 is 0 Å². The van der Waals surface area contributed by atoms with Crippen LogP contribution in [0.3, 0.4) is 0 Å². The highest BCUT2D eigenvalue weighted by Crippen LogP contribution is 2.27. The number of hydrogen-bond acceptors (Lipinski definition) is 4. The van der Waals surface area contributed by atoms with Gasteiger partial charge < -0.3 is 9.64 Å². The lowest BCUT2D eigenvalue weighted by Gasteiger charge is -2.31. The average molecular weight is 296 g/mol. The number of halogens is 1. The Morgan fingerprint density at radius 3 is 2.62 bits per heavy atom. The number of carbonyl (C=O) groups is 1. The monoisotopic (exact) mass is 296 g/mol. The standard InChI is InChI=1S/C14H17FN2O4/c1-14(2,3)21-13(18)16-5-4-9-7-12(17(19)20)11(15)6-10(9)8-16/h6-7H,4-5,8H2,1-3H3. The lowest BCUT2D eigenvalue weighted by molar-refractivity contribution is -0.387. The van der Waals surface area contributed by atoms with Crippen LogP contribution in [0.25, 0.3) is 0 Å². The van der Waals surface area contributed by atoms with Crippen LogP contribution in [0.4, 0.5) is 14.9 Å². The van der Waals surface area contributed by atoms with E-state index in [4.69, 9.17) is 4.74 Å². The second-order valence-electron chi connectivity index (χ2n) is 5.98. The molecule has 7 heteroatoms. The molecule has 0 N–H and O–H groups in total. The van der Waals surface area contributed by atoms with Gasteiger partial charge >= 0.3 is 11.8 Å². The van der Waals surface area contributed by atoms with Crippen molar-refractivity contribution in [3.05, 3.63) is 39.2 Å². The Morgan fingerprint density at radius 2 is 2.05 bits per heavy atom. The number of benzene rings is 1. The topological polar surface area (TPSA) is 72.7 Å². The van der Waals surface area contributed by atoms with E-state index in [0.29, 0.717) is 24.1 Å². The van der Waals surface area contributed by atoms with Gasteiger partial charge in [-0.15, -0.1) is 0 Å². The van der Waals surface area contributed by atoms with Crippen LogP contribution in [-0.2, 0) is 17.7 Å². The summed E-state index contributed by atoms with van der Waals surface area (Å²) in [5.74, 6) is -0.884. The zero-order valence-electron chi connectivity index (χ0n) is 12.2. The molecule has 0 fully saturated rings. The fraction of sp³-hybridized carbons (Fsp3) is 0.500. The number of rotatable bonds is 1. The van der Waals surface area contributed by atoms with Crippen LogP contribution in [0.15, 0.2) is 12.1 Å². The van der Waals surface area contributed by atoms with Crippen molar-refractivity contribution < 1.29 is 18.8 Å². The van der Waals surface area contributed by atoms with Gasteiger partial charge in [0.15, 0.2) is 0 Å². The number of ether oxygens (including phenoxy) is 1. The maximum Gasteiger partial charge on any atom is 0.410 e. The largest absolute Gasteiger partial charge is 0.444 e. The Balaban J connectivity index is 2.19. The predicted octanol–water partition coefficient (Wildman–Crippen LogP) is 3.03. The highest BCUT2D eigenvalue weighted by atomic mass is 19.1. The van der Waals surface area contributed by atoms with E-state index in [1.807, 2.05) is 0 Å². The minimum Gasteiger partial charge on any atom is -0.444 e. The minimum atomic E-state index is -0.884. The SMILES string of the molecule is CC(C)(C)OC(=O)N1CCc2cc([N+](=O)[O-])c(F)cc2C1. The number of nitro benzene ring substituents is 1. The zero-order valence-corrected chi connectivity index (χ0v) is 12.2. The van der Waals surface area contributed by atoms with Gasteiger partial charge in [0.05, 0.1) is 4.92 Å². The molecular formula is C14H17FN2O4. The number of nitro groups is 1. The maximum absolute atomic E-state index is 13.7. The Morgan fingerprint density at radius 1 is 1.38 bits per heavy atom. The number of nitrogens with zero attached hydrogens (tertiary/aromatic N) is 2. The molecular weight excluding hydrogens is 279 g/mol. The minimum absolute atomic E-state index is 0.194. The normalized spacial score (nSPS) is 14.6. The quantitative estimate of drug-likeness (QED) is 0.590. The van der Waals surface area contributed by atoms with Crippen molar-refractivity contribution in [3.63, 3.8) is 0 Å². The third-order valence-corrected chi connectivity index (χ3v) is 3.13. The van der Waals surface area contributed by atoms with Gasteiger partial charge in [-0.2, -0.15) is 4.39 Å². The second-order valence-corrected chi connectivity index (χ2v) is 5.98. The van der Waals surface area contributed by atoms with E-state index in [9.17, 15) is 19.3 Å². The Labute approximate surface area is 121 Å². The number of carbonyl (C=O) groups excluding carboxylic acids is 1. The van der Waals surface area contributed by atoms with E-state index in [-0.39, 0.29) is 6.54 Å². The Bertz CT molecular complexity index is 595. The van der Waals surface area contributed by atoms with E-state index < -0.39 is 28.1 Å². The number of fused-ring (bicyclic) bond motifs is 1. The first-order chi connectivity index (χ1) is 9.67. The van der Waals surface area contributed by atoms with E-state index in [2.05, 4.69) is 0 Å². The Hall–Kier alpha value is -2.18. The van der Waals surface area contributed by atoms with E-state index >= 15 is 0 Å². The summed E-state index contributed by atoms with van der Waals surface area (Å²) in [6.45, 7) is 5.90. The van der Waals surface area contributed by atoms with Gasteiger partial charge in [0.25, 0.3) is 0 Å². The second kappa shape index (κ2) is 5.31. The molecule has 0 spiro atoms. The first kappa shape index (κ1) is 15.2. The molecule has 1 aliphatic heterocycles. The summed E-state index contributed by atoms with van der Waals surface area (Å²) >= 11 is 0. The smallest absolute Gasteiger partial charge is 0.410 e. The first-order valence-electron chi connectivity index (χ1n) is 6.61. The molecule has 0 aliphatic carbocycles. The lowest BCUT2D eigenvalue weighted by atomic mass is 9.99. The fourth-order valence-corrected chi connectivity index (χ4v) is 2.19. The van der Waals surface area contributed by atoms with Crippen LogP contribution in [-0.4, -0.2) is 28.1 Å². The molecule has 1 heterocycles. The molecule has 1 aromatic carbocycles. The van der Waals surface area contributed by atoms with Crippen molar-refractivity contribution in [2.45, 2.75) is 39.3 Å². The summed E-state index contributed by atoms with van der Waals surface area (Å²) in [5.41, 5.74) is 0.149. The molecule has 0 aromatic heterocycles. The van der Waals surface area contributed by atoms with Gasteiger partial charge in [0, 0.05) is 19.2 Å². The van der Waals surface area contributed by atoms with Gasteiger partial charge in [-0.1, -0.05) is 0 Å². The molecule has 0 saturated carbocycles. The summed E-state index contributed by atoms with van der Waals surface area (Å²) in [5, 5.41) is 10.7. The molecule has 114 valence electrons. The van der Waals surface area contributed by atoms with E-state index in [0.717, 1.165) is 6.07 Å². The molecule has 0 bridgehead atoms. The summed E-state index contributed by atoms with van der Waals surface area (Å²) in [6, 6.07) is 2.38. The number of hydrogen-bond donors (Lipinski definition) is 0. The lowest BCUT2D eigenvalue weighted by Crippen LogP contribution is -2.39. The molecule has 2 rings (SSSR count). The van der Waals surface area contributed by atoms with Crippen LogP contribution in [0.1, 0.15) is 31.9 Å². The third-order valence-electron chi connectivity index (χ3n) is 3.13. The molecule has 1 aromatic rings. The Kier molecular flexibility index (Phi) is 3.85. The molecule has 0 radical (unpaired) electrons. The summed E-state index contributed by atoms with van der Waals surface area (Å²) in [7, 11) is 0. The fourth-order valence-electron chi connectivity index (χ4n) is 2.19. The third kappa shape index (κ3) is 3.48. The first-order valence-corrected chi connectivity index (χ1v) is 6.61.